The summed E-state index contributed by atoms with van der Waals surface area (Å²) in [5, 5.41) is 9.14. The zero-order chi connectivity index (χ0) is 14.8. The molecule has 0 amide bonds. The van der Waals surface area contributed by atoms with Crippen LogP contribution in [-0.4, -0.2) is 32.8 Å². The predicted molar refractivity (Wildman–Crippen MR) is 75.8 cm³/mol. The normalized spacial score (nSPS) is 21.1. The van der Waals surface area contributed by atoms with E-state index in [0.717, 1.165) is 6.42 Å². The first kappa shape index (κ1) is 15.4. The Morgan fingerprint density at radius 2 is 2.25 bits per heavy atom. The van der Waals surface area contributed by atoms with Crippen LogP contribution >= 0.6 is 0 Å². The summed E-state index contributed by atoms with van der Waals surface area (Å²) in [4.78, 5) is 0.231. The molecule has 1 aromatic carbocycles. The average molecular weight is 299 g/mol. The van der Waals surface area contributed by atoms with E-state index in [-0.39, 0.29) is 23.5 Å². The number of hydrogen-bond donors (Lipinski definition) is 2. The van der Waals surface area contributed by atoms with Crippen molar-refractivity contribution in [2.45, 2.75) is 37.8 Å². The van der Waals surface area contributed by atoms with Crippen LogP contribution in [0.5, 0.6) is 0 Å². The Morgan fingerprint density at radius 1 is 1.50 bits per heavy atom. The van der Waals surface area contributed by atoms with Crippen LogP contribution in [0.25, 0.3) is 0 Å². The maximum absolute atomic E-state index is 12.5. The van der Waals surface area contributed by atoms with Crippen LogP contribution in [0.2, 0.25) is 0 Å². The van der Waals surface area contributed by atoms with Gasteiger partial charge in [-0.1, -0.05) is 12.1 Å². The molecule has 2 unspecified atom stereocenters. The Hall–Kier alpha value is -0.950. The number of benzene rings is 1. The lowest BCUT2D eigenvalue weighted by Crippen LogP contribution is -2.38. The largest absolute Gasteiger partial charge is 0.392 e. The number of rotatable bonds is 5. The summed E-state index contributed by atoms with van der Waals surface area (Å²) < 4.78 is 32.9. The molecule has 0 aliphatic carbocycles. The van der Waals surface area contributed by atoms with E-state index >= 15 is 0 Å². The Bertz CT molecular complexity index is 565. The van der Waals surface area contributed by atoms with Crippen molar-refractivity contribution in [2.75, 3.05) is 13.2 Å². The van der Waals surface area contributed by atoms with Crippen LogP contribution in [0.3, 0.4) is 0 Å². The summed E-state index contributed by atoms with van der Waals surface area (Å²) >= 11 is 0. The molecule has 2 rings (SSSR count). The molecule has 1 aromatic rings. The van der Waals surface area contributed by atoms with Crippen molar-refractivity contribution in [1.29, 1.82) is 0 Å². The minimum absolute atomic E-state index is 0.167. The van der Waals surface area contributed by atoms with Gasteiger partial charge in [-0.25, -0.2) is 13.1 Å². The molecule has 0 aromatic heterocycles. The number of aryl methyl sites for hydroxylation is 1. The van der Waals surface area contributed by atoms with Gasteiger partial charge in [0.1, 0.15) is 0 Å². The fraction of sp³-hybridized carbons (Fsp3) is 0.571. The van der Waals surface area contributed by atoms with Crippen LogP contribution in [0.1, 0.15) is 24.5 Å². The molecular formula is C14H21NO4S. The summed E-state index contributed by atoms with van der Waals surface area (Å²) in [6, 6.07) is 4.79. The Morgan fingerprint density at radius 3 is 2.85 bits per heavy atom. The zero-order valence-corrected chi connectivity index (χ0v) is 12.6. The van der Waals surface area contributed by atoms with Crippen molar-refractivity contribution < 1.29 is 18.3 Å². The maximum atomic E-state index is 12.5. The Balaban J connectivity index is 2.21. The Kier molecular flexibility index (Phi) is 4.80. The molecule has 1 fully saturated rings. The number of ether oxygens (including phenoxy) is 1. The number of sulfonamides is 1. The minimum Gasteiger partial charge on any atom is -0.392 e. The highest BCUT2D eigenvalue weighted by atomic mass is 32.2. The van der Waals surface area contributed by atoms with Gasteiger partial charge in [0.2, 0.25) is 10.0 Å². The van der Waals surface area contributed by atoms with Crippen LogP contribution in [-0.2, 0) is 21.4 Å². The second-order valence-electron chi connectivity index (χ2n) is 5.29. The molecule has 0 spiro atoms. The molecule has 1 aliphatic heterocycles. The quantitative estimate of drug-likeness (QED) is 0.856. The van der Waals surface area contributed by atoms with Crippen molar-refractivity contribution in [3.8, 4) is 0 Å². The van der Waals surface area contributed by atoms with E-state index in [1.54, 1.807) is 19.1 Å². The van der Waals surface area contributed by atoms with Crippen molar-refractivity contribution in [1.82, 2.24) is 4.72 Å². The van der Waals surface area contributed by atoms with Gasteiger partial charge < -0.3 is 9.84 Å². The van der Waals surface area contributed by atoms with Gasteiger partial charge in [0.25, 0.3) is 0 Å². The van der Waals surface area contributed by atoms with E-state index in [9.17, 15) is 8.42 Å². The number of aliphatic hydroxyl groups is 1. The van der Waals surface area contributed by atoms with Crippen molar-refractivity contribution >= 4 is 10.0 Å². The first-order chi connectivity index (χ1) is 9.44. The number of aliphatic hydroxyl groups excluding tert-OH is 1. The molecule has 0 saturated carbocycles. The second kappa shape index (κ2) is 6.22. The van der Waals surface area contributed by atoms with Gasteiger partial charge in [-0.2, -0.15) is 0 Å². The molecule has 2 atom stereocenters. The van der Waals surface area contributed by atoms with Crippen LogP contribution in [0, 0.1) is 12.8 Å². The fourth-order valence-electron chi connectivity index (χ4n) is 2.38. The highest BCUT2D eigenvalue weighted by Gasteiger charge is 2.27. The second-order valence-corrected chi connectivity index (χ2v) is 6.97. The molecule has 2 N–H and O–H groups in total. The van der Waals surface area contributed by atoms with Crippen LogP contribution < -0.4 is 4.72 Å². The topological polar surface area (TPSA) is 75.6 Å². The van der Waals surface area contributed by atoms with Crippen LogP contribution in [0.4, 0.5) is 0 Å². The fourth-order valence-corrected chi connectivity index (χ4v) is 3.99. The van der Waals surface area contributed by atoms with Gasteiger partial charge in [-0.15, -0.1) is 0 Å². The molecule has 1 saturated heterocycles. The van der Waals surface area contributed by atoms with Crippen molar-refractivity contribution in [2.24, 2.45) is 5.92 Å². The lowest BCUT2D eigenvalue weighted by atomic mass is 10.0. The predicted octanol–water partition coefficient (Wildman–Crippen LogP) is 1.19. The lowest BCUT2D eigenvalue weighted by Gasteiger charge is -2.20. The molecule has 1 heterocycles. The first-order valence-corrected chi connectivity index (χ1v) is 8.23. The van der Waals surface area contributed by atoms with Gasteiger partial charge in [-0.3, -0.25) is 0 Å². The summed E-state index contributed by atoms with van der Waals surface area (Å²) in [5.41, 5.74) is 1.26. The van der Waals surface area contributed by atoms with Crippen molar-refractivity contribution in [3.05, 3.63) is 29.3 Å². The summed E-state index contributed by atoms with van der Waals surface area (Å²) in [6.45, 7) is 4.73. The monoisotopic (exact) mass is 299 g/mol. The molecular weight excluding hydrogens is 278 g/mol. The highest BCUT2D eigenvalue weighted by Crippen LogP contribution is 2.21. The van der Waals surface area contributed by atoms with Crippen LogP contribution in [0.15, 0.2) is 23.1 Å². The third-order valence-corrected chi connectivity index (χ3v) is 5.44. The van der Waals surface area contributed by atoms with E-state index in [1.165, 1.54) is 6.07 Å². The smallest absolute Gasteiger partial charge is 0.241 e. The summed E-state index contributed by atoms with van der Waals surface area (Å²) in [7, 11) is -3.58. The standard InChI is InChI=1S/C14H21NO4S/c1-10-3-4-12(8-16)7-14(10)20(17,18)15-11(2)13-5-6-19-9-13/h3-4,7,11,13,15-16H,5-6,8-9H2,1-2H3. The summed E-state index contributed by atoms with van der Waals surface area (Å²) in [5.74, 6) is 0.214. The maximum Gasteiger partial charge on any atom is 0.241 e. The van der Waals surface area contributed by atoms with Gasteiger partial charge in [0.05, 0.1) is 18.1 Å². The summed E-state index contributed by atoms with van der Waals surface area (Å²) in [6.07, 6.45) is 0.874. The highest BCUT2D eigenvalue weighted by molar-refractivity contribution is 7.89. The molecule has 112 valence electrons. The van der Waals surface area contributed by atoms with E-state index in [2.05, 4.69) is 4.72 Å². The van der Waals surface area contributed by atoms with Gasteiger partial charge in [0, 0.05) is 18.6 Å². The van der Waals surface area contributed by atoms with E-state index in [0.29, 0.717) is 24.3 Å². The molecule has 6 heteroatoms. The average Bonchev–Trinajstić information content (AvgIpc) is 2.92. The number of nitrogens with one attached hydrogen (secondary N) is 1. The SMILES string of the molecule is Cc1ccc(CO)cc1S(=O)(=O)NC(C)C1CCOC1. The Labute approximate surface area is 120 Å². The zero-order valence-electron chi connectivity index (χ0n) is 11.8. The third kappa shape index (κ3) is 3.38. The molecule has 0 radical (unpaired) electrons. The van der Waals surface area contributed by atoms with Gasteiger partial charge >= 0.3 is 0 Å². The minimum atomic E-state index is -3.58. The van der Waals surface area contributed by atoms with Gasteiger partial charge in [0.15, 0.2) is 0 Å². The molecule has 20 heavy (non-hydrogen) atoms. The van der Waals surface area contributed by atoms with E-state index in [4.69, 9.17) is 9.84 Å². The molecule has 5 nitrogen and oxygen atoms in total. The third-order valence-electron chi connectivity index (χ3n) is 3.74. The lowest BCUT2D eigenvalue weighted by molar-refractivity contribution is 0.180. The van der Waals surface area contributed by atoms with Gasteiger partial charge in [-0.05, 0) is 37.5 Å². The first-order valence-electron chi connectivity index (χ1n) is 6.74. The van der Waals surface area contributed by atoms with E-state index in [1.807, 2.05) is 6.92 Å². The molecule has 1 aliphatic rings. The van der Waals surface area contributed by atoms with E-state index < -0.39 is 10.0 Å². The molecule has 0 bridgehead atoms. The number of hydrogen-bond acceptors (Lipinski definition) is 4. The van der Waals surface area contributed by atoms with Crippen molar-refractivity contribution in [3.63, 3.8) is 0 Å².